The molecule has 2 rings (SSSR count). The minimum atomic E-state index is -0.133. The summed E-state index contributed by atoms with van der Waals surface area (Å²) in [4.78, 5) is 32.1. The molecular weight excluding hydrogens is 366 g/mol. The average Bonchev–Trinajstić information content (AvgIpc) is 3.30. The second-order valence-electron chi connectivity index (χ2n) is 6.16. The molecule has 0 bridgehead atoms. The first-order chi connectivity index (χ1) is 12.6. The monoisotopic (exact) mass is 393 g/mol. The lowest BCUT2D eigenvalue weighted by molar-refractivity contribution is -0.131. The molecule has 5 nitrogen and oxygen atoms in total. The summed E-state index contributed by atoms with van der Waals surface area (Å²) in [5.41, 5.74) is 0.447. The van der Waals surface area contributed by atoms with Gasteiger partial charge >= 0.3 is 0 Å². The number of carbonyl (C=O) groups excluding carboxylic acids is 2. The molecule has 0 saturated heterocycles. The van der Waals surface area contributed by atoms with Crippen molar-refractivity contribution in [1.82, 2.24) is 15.2 Å². The second-order valence-corrected chi connectivity index (χ2v) is 8.14. The highest BCUT2D eigenvalue weighted by atomic mass is 32.1. The third-order valence-corrected chi connectivity index (χ3v) is 5.68. The Hall–Kier alpha value is -1.73. The van der Waals surface area contributed by atoms with Crippen molar-refractivity contribution in [2.75, 3.05) is 13.1 Å². The number of nitrogens with one attached hydrogen (secondary N) is 1. The van der Waals surface area contributed by atoms with Crippen LogP contribution in [0.4, 0.5) is 0 Å². The topological polar surface area (TPSA) is 62.3 Å². The van der Waals surface area contributed by atoms with E-state index in [4.69, 9.17) is 0 Å². The third-order valence-electron chi connectivity index (χ3n) is 3.97. The van der Waals surface area contributed by atoms with Gasteiger partial charge in [0.1, 0.15) is 10.7 Å². The predicted octanol–water partition coefficient (Wildman–Crippen LogP) is 4.11. The van der Waals surface area contributed by atoms with Gasteiger partial charge in [-0.05, 0) is 24.3 Å². The quantitative estimate of drug-likeness (QED) is 0.585. The van der Waals surface area contributed by atoms with Crippen LogP contribution in [0.15, 0.2) is 22.9 Å². The molecule has 2 aromatic rings. The van der Waals surface area contributed by atoms with Gasteiger partial charge in [0.2, 0.25) is 5.91 Å². The number of unbranched alkanes of at least 4 members (excludes halogenated alkanes) is 2. The van der Waals surface area contributed by atoms with E-state index in [0.717, 1.165) is 42.1 Å². The smallest absolute Gasteiger partial charge is 0.270 e. The van der Waals surface area contributed by atoms with Gasteiger partial charge in [0.25, 0.3) is 5.91 Å². The van der Waals surface area contributed by atoms with Gasteiger partial charge in [-0.3, -0.25) is 9.59 Å². The first-order valence-electron chi connectivity index (χ1n) is 9.16. The first-order valence-corrected chi connectivity index (χ1v) is 10.9. The highest BCUT2D eigenvalue weighted by Gasteiger charge is 2.18. The Morgan fingerprint density at radius 3 is 2.69 bits per heavy atom. The van der Waals surface area contributed by atoms with E-state index in [1.54, 1.807) is 16.7 Å². The van der Waals surface area contributed by atoms with E-state index in [1.807, 2.05) is 22.4 Å². The van der Waals surface area contributed by atoms with Crippen LogP contribution in [0.3, 0.4) is 0 Å². The van der Waals surface area contributed by atoms with Gasteiger partial charge in [0, 0.05) is 23.3 Å². The minimum absolute atomic E-state index is 0.116. The van der Waals surface area contributed by atoms with E-state index in [9.17, 15) is 9.59 Å². The van der Waals surface area contributed by atoms with Crippen molar-refractivity contribution in [1.29, 1.82) is 0 Å². The lowest BCUT2D eigenvalue weighted by Crippen LogP contribution is -2.32. The summed E-state index contributed by atoms with van der Waals surface area (Å²) in [6.45, 7) is 6.06. The number of thiazole rings is 1. The fourth-order valence-corrected chi connectivity index (χ4v) is 3.92. The van der Waals surface area contributed by atoms with Crippen LogP contribution in [0.2, 0.25) is 0 Å². The number of rotatable bonds is 11. The van der Waals surface area contributed by atoms with E-state index in [-0.39, 0.29) is 11.8 Å². The largest absolute Gasteiger partial charge is 0.351 e. The minimum Gasteiger partial charge on any atom is -0.351 e. The molecule has 1 N–H and O–H groups in total. The molecule has 2 amide bonds. The van der Waals surface area contributed by atoms with E-state index < -0.39 is 0 Å². The molecule has 7 heteroatoms. The van der Waals surface area contributed by atoms with E-state index in [1.165, 1.54) is 11.3 Å². The Balaban J connectivity index is 1.96. The lowest BCUT2D eigenvalue weighted by Gasteiger charge is -2.21. The van der Waals surface area contributed by atoms with Crippen molar-refractivity contribution in [2.45, 2.75) is 52.5 Å². The molecule has 2 aromatic heterocycles. The summed E-state index contributed by atoms with van der Waals surface area (Å²) in [7, 11) is 0. The van der Waals surface area contributed by atoms with Crippen molar-refractivity contribution in [2.24, 2.45) is 0 Å². The van der Waals surface area contributed by atoms with E-state index in [0.29, 0.717) is 25.2 Å². The number of carbonyl (C=O) groups is 2. The normalized spacial score (nSPS) is 10.7. The Labute approximate surface area is 163 Å². The highest BCUT2D eigenvalue weighted by molar-refractivity contribution is 7.10. The summed E-state index contributed by atoms with van der Waals surface area (Å²) in [6.07, 6.45) is 4.43. The predicted molar refractivity (Wildman–Crippen MR) is 108 cm³/mol. The average molecular weight is 394 g/mol. The van der Waals surface area contributed by atoms with Crippen LogP contribution < -0.4 is 5.32 Å². The highest BCUT2D eigenvalue weighted by Crippen LogP contribution is 2.16. The molecule has 2 heterocycles. The Morgan fingerprint density at radius 2 is 2.00 bits per heavy atom. The fraction of sp³-hybridized carbons (Fsp3) is 0.526. The molecule has 0 atom stereocenters. The van der Waals surface area contributed by atoms with Crippen molar-refractivity contribution < 1.29 is 9.59 Å². The standard InChI is InChI=1S/C19H27N3O2S2/c1-3-5-9-20-19(24)16-14-26-17(21-16)13-22(10-6-4-2)18(23)12-15-8-7-11-25-15/h7-8,11,14H,3-6,9-10,12-13H2,1-2H3,(H,20,24). The van der Waals surface area contributed by atoms with Crippen LogP contribution >= 0.6 is 22.7 Å². The van der Waals surface area contributed by atoms with Crippen molar-refractivity contribution in [3.05, 3.63) is 38.5 Å². The van der Waals surface area contributed by atoms with Gasteiger partial charge in [0.15, 0.2) is 0 Å². The zero-order valence-electron chi connectivity index (χ0n) is 15.5. The number of thiophene rings is 1. The maximum atomic E-state index is 12.7. The maximum Gasteiger partial charge on any atom is 0.270 e. The van der Waals surface area contributed by atoms with Crippen LogP contribution in [0.25, 0.3) is 0 Å². The van der Waals surface area contributed by atoms with Gasteiger partial charge in [-0.15, -0.1) is 22.7 Å². The van der Waals surface area contributed by atoms with Crippen LogP contribution in [0.5, 0.6) is 0 Å². The summed E-state index contributed by atoms with van der Waals surface area (Å²) in [5, 5.41) is 7.45. The number of hydrogen-bond donors (Lipinski definition) is 1. The van der Waals surface area contributed by atoms with Crippen LogP contribution in [0.1, 0.15) is 59.9 Å². The first kappa shape index (κ1) is 20.6. The molecule has 0 aromatic carbocycles. The van der Waals surface area contributed by atoms with E-state index in [2.05, 4.69) is 24.1 Å². The van der Waals surface area contributed by atoms with E-state index >= 15 is 0 Å². The van der Waals surface area contributed by atoms with Gasteiger partial charge < -0.3 is 10.2 Å². The molecule has 0 aliphatic rings. The molecule has 26 heavy (non-hydrogen) atoms. The molecule has 0 saturated carbocycles. The fourth-order valence-electron chi connectivity index (χ4n) is 2.44. The third kappa shape index (κ3) is 6.53. The molecule has 0 unspecified atom stereocenters. The van der Waals surface area contributed by atoms with Crippen LogP contribution in [-0.2, 0) is 17.8 Å². The zero-order chi connectivity index (χ0) is 18.8. The Kier molecular flexibility index (Phi) is 8.77. The number of nitrogens with zero attached hydrogens (tertiary/aromatic N) is 2. The molecule has 142 valence electrons. The molecule has 0 radical (unpaired) electrons. The summed E-state index contributed by atoms with van der Waals surface area (Å²) in [5.74, 6) is -0.0176. The summed E-state index contributed by atoms with van der Waals surface area (Å²) in [6, 6.07) is 3.95. The molecule has 0 spiro atoms. The second kappa shape index (κ2) is 11.1. The summed E-state index contributed by atoms with van der Waals surface area (Å²) >= 11 is 3.04. The molecular formula is C19H27N3O2S2. The van der Waals surface area contributed by atoms with Crippen molar-refractivity contribution in [3.8, 4) is 0 Å². The molecule has 0 fully saturated rings. The van der Waals surface area contributed by atoms with Gasteiger partial charge in [-0.2, -0.15) is 0 Å². The lowest BCUT2D eigenvalue weighted by atomic mass is 10.2. The molecule has 0 aliphatic carbocycles. The number of hydrogen-bond acceptors (Lipinski definition) is 5. The summed E-state index contributed by atoms with van der Waals surface area (Å²) < 4.78 is 0. The van der Waals surface area contributed by atoms with Crippen molar-refractivity contribution in [3.63, 3.8) is 0 Å². The Morgan fingerprint density at radius 1 is 1.19 bits per heavy atom. The SMILES string of the molecule is CCCCNC(=O)c1csc(CN(CCCC)C(=O)Cc2cccs2)n1. The van der Waals surface area contributed by atoms with Crippen LogP contribution in [0, 0.1) is 0 Å². The van der Waals surface area contributed by atoms with Gasteiger partial charge in [0.05, 0.1) is 13.0 Å². The molecule has 0 aliphatic heterocycles. The zero-order valence-corrected chi connectivity index (χ0v) is 17.1. The van der Waals surface area contributed by atoms with Gasteiger partial charge in [-0.25, -0.2) is 4.98 Å². The van der Waals surface area contributed by atoms with Gasteiger partial charge in [-0.1, -0.05) is 32.8 Å². The van der Waals surface area contributed by atoms with Crippen molar-refractivity contribution >= 4 is 34.5 Å². The number of amides is 2. The number of aromatic nitrogens is 1. The Bertz CT molecular complexity index is 683. The maximum absolute atomic E-state index is 12.7. The van der Waals surface area contributed by atoms with Crippen LogP contribution in [-0.4, -0.2) is 34.8 Å².